The lowest BCUT2D eigenvalue weighted by Crippen LogP contribution is -2.08. The van der Waals surface area contributed by atoms with Crippen molar-refractivity contribution in [1.29, 1.82) is 0 Å². The molecule has 0 atom stereocenters. The summed E-state index contributed by atoms with van der Waals surface area (Å²) >= 11 is 0. The van der Waals surface area contributed by atoms with Crippen molar-refractivity contribution in [2.24, 2.45) is 0 Å². The zero-order valence-corrected chi connectivity index (χ0v) is 9.00. The van der Waals surface area contributed by atoms with Gasteiger partial charge in [0.2, 0.25) is 0 Å². The molecule has 1 heterocycles. The van der Waals surface area contributed by atoms with Gasteiger partial charge < -0.3 is 10.1 Å². The van der Waals surface area contributed by atoms with E-state index in [1.165, 1.54) is 6.07 Å². The number of rotatable bonds is 7. The van der Waals surface area contributed by atoms with Gasteiger partial charge in [0.25, 0.3) is 0 Å². The van der Waals surface area contributed by atoms with E-state index in [0.717, 1.165) is 19.4 Å². The standard InChI is InChI=1S/C11H17FN2O/c1-2-8-15-9-4-7-14-11-10(12)5-3-6-13-11/h3,5-6H,2,4,7-9H2,1H3,(H,13,14). The molecule has 0 aliphatic heterocycles. The Morgan fingerprint density at radius 3 is 3.07 bits per heavy atom. The van der Waals surface area contributed by atoms with Gasteiger partial charge in [-0.2, -0.15) is 0 Å². The lowest BCUT2D eigenvalue weighted by atomic mass is 10.4. The summed E-state index contributed by atoms with van der Waals surface area (Å²) in [5.74, 6) is -0.0000296. The maximum absolute atomic E-state index is 13.1. The van der Waals surface area contributed by atoms with Crippen molar-refractivity contribution in [3.8, 4) is 0 Å². The number of ether oxygens (including phenoxy) is 1. The van der Waals surface area contributed by atoms with Gasteiger partial charge >= 0.3 is 0 Å². The molecular formula is C11H17FN2O. The molecule has 0 aliphatic rings. The number of halogens is 1. The quantitative estimate of drug-likeness (QED) is 0.705. The van der Waals surface area contributed by atoms with Crippen molar-refractivity contribution in [3.63, 3.8) is 0 Å². The molecule has 0 aromatic carbocycles. The molecule has 84 valence electrons. The lowest BCUT2D eigenvalue weighted by Gasteiger charge is -2.06. The minimum atomic E-state index is -0.313. The second-order valence-corrected chi connectivity index (χ2v) is 3.23. The minimum Gasteiger partial charge on any atom is -0.381 e. The smallest absolute Gasteiger partial charge is 0.165 e. The Bertz CT molecular complexity index is 281. The van der Waals surface area contributed by atoms with E-state index in [0.29, 0.717) is 19.0 Å². The molecule has 0 fully saturated rings. The van der Waals surface area contributed by atoms with Crippen LogP contribution in [0.2, 0.25) is 0 Å². The molecule has 1 aromatic heterocycles. The van der Waals surface area contributed by atoms with Crippen molar-refractivity contribution in [2.45, 2.75) is 19.8 Å². The molecule has 1 N–H and O–H groups in total. The molecule has 0 spiro atoms. The maximum Gasteiger partial charge on any atom is 0.165 e. The van der Waals surface area contributed by atoms with Crippen LogP contribution in [0.25, 0.3) is 0 Å². The van der Waals surface area contributed by atoms with Crippen LogP contribution in [-0.4, -0.2) is 24.7 Å². The summed E-state index contributed by atoms with van der Waals surface area (Å²) in [7, 11) is 0. The fraction of sp³-hybridized carbons (Fsp3) is 0.545. The van der Waals surface area contributed by atoms with E-state index in [2.05, 4.69) is 17.2 Å². The summed E-state index contributed by atoms with van der Waals surface area (Å²) in [4.78, 5) is 3.89. The van der Waals surface area contributed by atoms with Crippen molar-refractivity contribution < 1.29 is 9.13 Å². The van der Waals surface area contributed by atoms with E-state index in [-0.39, 0.29) is 5.82 Å². The number of hydrogen-bond acceptors (Lipinski definition) is 3. The van der Waals surface area contributed by atoms with Gasteiger partial charge in [0, 0.05) is 26.0 Å². The monoisotopic (exact) mass is 212 g/mol. The summed E-state index contributed by atoms with van der Waals surface area (Å²) in [5, 5.41) is 2.92. The Labute approximate surface area is 89.7 Å². The number of aromatic nitrogens is 1. The molecule has 0 saturated heterocycles. The van der Waals surface area contributed by atoms with Gasteiger partial charge in [-0.1, -0.05) is 6.92 Å². The molecule has 3 nitrogen and oxygen atoms in total. The highest BCUT2D eigenvalue weighted by molar-refractivity contribution is 5.35. The van der Waals surface area contributed by atoms with Gasteiger partial charge in [0.1, 0.15) is 0 Å². The molecule has 0 radical (unpaired) electrons. The summed E-state index contributed by atoms with van der Waals surface area (Å²) in [6.07, 6.45) is 3.46. The molecule has 4 heteroatoms. The third-order valence-corrected chi connectivity index (χ3v) is 1.86. The van der Waals surface area contributed by atoms with E-state index >= 15 is 0 Å². The van der Waals surface area contributed by atoms with Crippen LogP contribution in [0.3, 0.4) is 0 Å². The Morgan fingerprint density at radius 2 is 2.33 bits per heavy atom. The number of pyridine rings is 1. The van der Waals surface area contributed by atoms with Gasteiger partial charge in [0.05, 0.1) is 0 Å². The van der Waals surface area contributed by atoms with Crippen molar-refractivity contribution >= 4 is 5.82 Å². The average molecular weight is 212 g/mol. The van der Waals surface area contributed by atoms with Crippen LogP contribution in [0.4, 0.5) is 10.2 Å². The van der Waals surface area contributed by atoms with Crippen LogP contribution >= 0.6 is 0 Å². The maximum atomic E-state index is 13.1. The first kappa shape index (κ1) is 11.9. The van der Waals surface area contributed by atoms with Crippen molar-refractivity contribution in [1.82, 2.24) is 4.98 Å². The van der Waals surface area contributed by atoms with Crippen LogP contribution in [0.15, 0.2) is 18.3 Å². The summed E-state index contributed by atoms with van der Waals surface area (Å²) in [5.41, 5.74) is 0. The Kier molecular flexibility index (Phi) is 5.70. The third kappa shape index (κ3) is 4.74. The largest absolute Gasteiger partial charge is 0.381 e. The first-order valence-corrected chi connectivity index (χ1v) is 5.26. The normalized spacial score (nSPS) is 10.3. The third-order valence-electron chi connectivity index (χ3n) is 1.86. The topological polar surface area (TPSA) is 34.1 Å². The predicted octanol–water partition coefficient (Wildman–Crippen LogP) is 2.45. The first-order valence-electron chi connectivity index (χ1n) is 5.26. The molecule has 0 saturated carbocycles. The van der Waals surface area contributed by atoms with Crippen LogP contribution in [0, 0.1) is 5.82 Å². The molecular weight excluding hydrogens is 195 g/mol. The molecule has 1 rings (SSSR count). The fourth-order valence-corrected chi connectivity index (χ4v) is 1.14. The van der Waals surface area contributed by atoms with E-state index < -0.39 is 0 Å². The Morgan fingerprint density at radius 1 is 1.47 bits per heavy atom. The molecule has 0 unspecified atom stereocenters. The van der Waals surface area contributed by atoms with Crippen LogP contribution in [-0.2, 0) is 4.74 Å². The van der Waals surface area contributed by atoms with Crippen LogP contribution < -0.4 is 5.32 Å². The predicted molar refractivity (Wildman–Crippen MR) is 58.4 cm³/mol. The zero-order chi connectivity index (χ0) is 10.9. The number of anilines is 1. The van der Waals surface area contributed by atoms with E-state index in [1.54, 1.807) is 12.3 Å². The summed E-state index contributed by atoms with van der Waals surface area (Å²) in [6, 6.07) is 2.97. The van der Waals surface area contributed by atoms with E-state index in [4.69, 9.17) is 4.74 Å². The summed E-state index contributed by atoms with van der Waals surface area (Å²) < 4.78 is 18.4. The van der Waals surface area contributed by atoms with Gasteiger partial charge in [-0.3, -0.25) is 0 Å². The Balaban J connectivity index is 2.12. The first-order chi connectivity index (χ1) is 7.34. The molecule has 15 heavy (non-hydrogen) atoms. The molecule has 1 aromatic rings. The Hall–Kier alpha value is -1.16. The summed E-state index contributed by atoms with van der Waals surface area (Å²) in [6.45, 7) is 4.24. The van der Waals surface area contributed by atoms with Gasteiger partial charge in [-0.25, -0.2) is 9.37 Å². The van der Waals surface area contributed by atoms with Gasteiger partial charge in [-0.05, 0) is 25.0 Å². The lowest BCUT2D eigenvalue weighted by molar-refractivity contribution is 0.134. The number of nitrogens with one attached hydrogen (secondary N) is 1. The highest BCUT2D eigenvalue weighted by atomic mass is 19.1. The van der Waals surface area contributed by atoms with Crippen molar-refractivity contribution in [2.75, 3.05) is 25.1 Å². The molecule has 0 amide bonds. The number of hydrogen-bond donors (Lipinski definition) is 1. The SMILES string of the molecule is CCCOCCCNc1ncccc1F. The van der Waals surface area contributed by atoms with Crippen molar-refractivity contribution in [3.05, 3.63) is 24.1 Å². The minimum absolute atomic E-state index is 0.313. The highest BCUT2D eigenvalue weighted by Gasteiger charge is 1.99. The van der Waals surface area contributed by atoms with E-state index in [1.807, 2.05) is 0 Å². The number of nitrogens with zero attached hydrogens (tertiary/aromatic N) is 1. The van der Waals surface area contributed by atoms with Crippen LogP contribution in [0.1, 0.15) is 19.8 Å². The zero-order valence-electron chi connectivity index (χ0n) is 9.00. The molecule has 0 aliphatic carbocycles. The van der Waals surface area contributed by atoms with E-state index in [9.17, 15) is 4.39 Å². The average Bonchev–Trinajstić information content (AvgIpc) is 2.25. The highest BCUT2D eigenvalue weighted by Crippen LogP contribution is 2.07. The van der Waals surface area contributed by atoms with Gasteiger partial charge in [-0.15, -0.1) is 0 Å². The second-order valence-electron chi connectivity index (χ2n) is 3.23. The van der Waals surface area contributed by atoms with Crippen LogP contribution in [0.5, 0.6) is 0 Å². The van der Waals surface area contributed by atoms with Gasteiger partial charge in [0.15, 0.2) is 11.6 Å². The second kappa shape index (κ2) is 7.17. The molecule has 0 bridgehead atoms. The fourth-order valence-electron chi connectivity index (χ4n) is 1.14.